The van der Waals surface area contributed by atoms with Gasteiger partial charge in [-0.25, -0.2) is 0 Å². The highest BCUT2D eigenvalue weighted by molar-refractivity contribution is 4.95. The molecular formula is C10H20N2. The van der Waals surface area contributed by atoms with E-state index < -0.39 is 0 Å². The SMILES string of the molecule is CC(C)N1C[C@H](N)[C@@H]2CC[C@H]1C2. The first-order valence-electron chi connectivity index (χ1n) is 5.20. The van der Waals surface area contributed by atoms with Gasteiger partial charge >= 0.3 is 0 Å². The second-order valence-corrected chi connectivity index (χ2v) is 4.68. The van der Waals surface area contributed by atoms with Crippen LogP contribution < -0.4 is 5.73 Å². The van der Waals surface area contributed by atoms with E-state index in [9.17, 15) is 0 Å². The van der Waals surface area contributed by atoms with E-state index in [1.165, 1.54) is 19.3 Å². The standard InChI is InChI=1S/C10H20N2/c1-7(2)12-6-10(11)8-3-4-9(12)5-8/h7-10H,3-6,11H2,1-2H3/t8-,9+,10+/m1/s1. The maximum atomic E-state index is 6.10. The summed E-state index contributed by atoms with van der Waals surface area (Å²) in [4.78, 5) is 2.59. The normalized spacial score (nSPS) is 42.5. The molecule has 2 N–H and O–H groups in total. The molecule has 2 heteroatoms. The van der Waals surface area contributed by atoms with Crippen LogP contribution in [-0.2, 0) is 0 Å². The molecule has 12 heavy (non-hydrogen) atoms. The fraction of sp³-hybridized carbons (Fsp3) is 1.00. The third-order valence-corrected chi connectivity index (χ3v) is 3.60. The summed E-state index contributed by atoms with van der Waals surface area (Å²) in [7, 11) is 0. The van der Waals surface area contributed by atoms with Crippen LogP contribution in [0.15, 0.2) is 0 Å². The van der Waals surface area contributed by atoms with Crippen molar-refractivity contribution in [2.75, 3.05) is 6.54 Å². The number of nitrogens with zero attached hydrogens (tertiary/aromatic N) is 1. The average molecular weight is 168 g/mol. The summed E-state index contributed by atoms with van der Waals surface area (Å²) < 4.78 is 0. The summed E-state index contributed by atoms with van der Waals surface area (Å²) in [6.07, 6.45) is 4.12. The molecule has 0 unspecified atom stereocenters. The lowest BCUT2D eigenvalue weighted by Gasteiger charge is -2.39. The van der Waals surface area contributed by atoms with Gasteiger partial charge < -0.3 is 5.73 Å². The van der Waals surface area contributed by atoms with Gasteiger partial charge in [-0.15, -0.1) is 0 Å². The van der Waals surface area contributed by atoms with Gasteiger partial charge in [-0.1, -0.05) is 0 Å². The molecule has 1 saturated carbocycles. The van der Waals surface area contributed by atoms with Gasteiger partial charge in [0, 0.05) is 24.7 Å². The summed E-state index contributed by atoms with van der Waals surface area (Å²) >= 11 is 0. The van der Waals surface area contributed by atoms with Gasteiger partial charge in [-0.3, -0.25) is 4.90 Å². The van der Waals surface area contributed by atoms with E-state index >= 15 is 0 Å². The van der Waals surface area contributed by atoms with Gasteiger partial charge in [-0.2, -0.15) is 0 Å². The quantitative estimate of drug-likeness (QED) is 0.637. The summed E-state index contributed by atoms with van der Waals surface area (Å²) in [5.41, 5.74) is 6.10. The van der Waals surface area contributed by atoms with Gasteiger partial charge in [-0.05, 0) is 39.0 Å². The Morgan fingerprint density at radius 2 is 2.08 bits per heavy atom. The summed E-state index contributed by atoms with van der Waals surface area (Å²) in [6, 6.07) is 1.99. The molecule has 1 heterocycles. The van der Waals surface area contributed by atoms with E-state index in [0.29, 0.717) is 12.1 Å². The zero-order chi connectivity index (χ0) is 8.72. The topological polar surface area (TPSA) is 29.3 Å². The van der Waals surface area contributed by atoms with E-state index in [4.69, 9.17) is 5.73 Å². The maximum Gasteiger partial charge on any atom is 0.0197 e. The van der Waals surface area contributed by atoms with Crippen LogP contribution in [-0.4, -0.2) is 29.6 Å². The van der Waals surface area contributed by atoms with Crippen LogP contribution in [0.4, 0.5) is 0 Å². The van der Waals surface area contributed by atoms with Gasteiger partial charge in [0.05, 0.1) is 0 Å². The van der Waals surface area contributed by atoms with Gasteiger partial charge in [0.15, 0.2) is 0 Å². The van der Waals surface area contributed by atoms with E-state index in [-0.39, 0.29) is 0 Å². The maximum absolute atomic E-state index is 6.10. The van der Waals surface area contributed by atoms with Gasteiger partial charge in [0.25, 0.3) is 0 Å². The number of hydrogen-bond acceptors (Lipinski definition) is 2. The lowest BCUT2D eigenvalue weighted by Crippen LogP contribution is -2.51. The lowest BCUT2D eigenvalue weighted by molar-refractivity contribution is 0.105. The number of fused-ring (bicyclic) bond motifs is 2. The largest absolute Gasteiger partial charge is 0.326 e. The molecule has 1 aliphatic carbocycles. The minimum atomic E-state index is 0.450. The first-order chi connectivity index (χ1) is 5.68. The monoisotopic (exact) mass is 168 g/mol. The number of likely N-dealkylation sites (tertiary alicyclic amines) is 1. The molecule has 2 rings (SSSR count). The zero-order valence-electron chi connectivity index (χ0n) is 8.16. The van der Waals surface area contributed by atoms with Crippen LogP contribution in [0, 0.1) is 5.92 Å². The van der Waals surface area contributed by atoms with Crippen molar-refractivity contribution in [2.45, 2.75) is 51.2 Å². The Kier molecular flexibility index (Phi) is 2.13. The number of piperidine rings is 1. The molecule has 1 saturated heterocycles. The molecule has 70 valence electrons. The summed E-state index contributed by atoms with van der Waals surface area (Å²) in [6.45, 7) is 5.70. The molecule has 0 aromatic heterocycles. The smallest absolute Gasteiger partial charge is 0.0197 e. The highest BCUT2D eigenvalue weighted by atomic mass is 15.2. The van der Waals surface area contributed by atoms with Crippen LogP contribution in [0.2, 0.25) is 0 Å². The molecule has 2 aliphatic rings. The minimum Gasteiger partial charge on any atom is -0.326 e. The number of nitrogens with two attached hydrogens (primary N) is 1. The Bertz CT molecular complexity index is 167. The van der Waals surface area contributed by atoms with Crippen molar-refractivity contribution in [1.82, 2.24) is 4.90 Å². The first kappa shape index (κ1) is 8.52. The summed E-state index contributed by atoms with van der Waals surface area (Å²) in [5.74, 6) is 0.838. The Morgan fingerprint density at radius 3 is 2.75 bits per heavy atom. The molecule has 2 nitrogen and oxygen atoms in total. The predicted octanol–water partition coefficient (Wildman–Crippen LogP) is 1.21. The lowest BCUT2D eigenvalue weighted by atomic mass is 9.93. The summed E-state index contributed by atoms with van der Waals surface area (Å²) in [5, 5.41) is 0. The van der Waals surface area contributed by atoms with Crippen LogP contribution >= 0.6 is 0 Å². The van der Waals surface area contributed by atoms with E-state index in [2.05, 4.69) is 18.7 Å². The molecule has 2 fully saturated rings. The molecule has 0 amide bonds. The zero-order valence-corrected chi connectivity index (χ0v) is 8.16. The third-order valence-electron chi connectivity index (χ3n) is 3.60. The molecular weight excluding hydrogens is 148 g/mol. The van der Waals surface area contributed by atoms with Crippen molar-refractivity contribution in [2.24, 2.45) is 11.7 Å². The van der Waals surface area contributed by atoms with E-state index in [0.717, 1.165) is 18.5 Å². The Balaban J connectivity index is 2.07. The van der Waals surface area contributed by atoms with Crippen molar-refractivity contribution >= 4 is 0 Å². The average Bonchev–Trinajstić information content (AvgIpc) is 2.42. The molecule has 0 aromatic carbocycles. The van der Waals surface area contributed by atoms with Crippen LogP contribution in [0.1, 0.15) is 33.1 Å². The van der Waals surface area contributed by atoms with Crippen molar-refractivity contribution in [3.05, 3.63) is 0 Å². The van der Waals surface area contributed by atoms with Crippen molar-refractivity contribution in [3.63, 3.8) is 0 Å². The van der Waals surface area contributed by atoms with Crippen LogP contribution in [0.3, 0.4) is 0 Å². The van der Waals surface area contributed by atoms with Gasteiger partial charge in [0.2, 0.25) is 0 Å². The Hall–Kier alpha value is -0.0800. The van der Waals surface area contributed by atoms with Crippen LogP contribution in [0.5, 0.6) is 0 Å². The molecule has 0 spiro atoms. The molecule has 3 atom stereocenters. The number of rotatable bonds is 1. The minimum absolute atomic E-state index is 0.450. The van der Waals surface area contributed by atoms with Crippen molar-refractivity contribution < 1.29 is 0 Å². The molecule has 2 bridgehead atoms. The Labute approximate surface area is 75.1 Å². The van der Waals surface area contributed by atoms with Crippen molar-refractivity contribution in [3.8, 4) is 0 Å². The van der Waals surface area contributed by atoms with E-state index in [1.54, 1.807) is 0 Å². The van der Waals surface area contributed by atoms with Gasteiger partial charge in [0.1, 0.15) is 0 Å². The second kappa shape index (κ2) is 3.00. The highest BCUT2D eigenvalue weighted by Gasteiger charge is 2.39. The highest BCUT2D eigenvalue weighted by Crippen LogP contribution is 2.36. The molecule has 0 aromatic rings. The second-order valence-electron chi connectivity index (χ2n) is 4.68. The van der Waals surface area contributed by atoms with Crippen molar-refractivity contribution in [1.29, 1.82) is 0 Å². The molecule has 0 radical (unpaired) electrons. The Morgan fingerprint density at radius 1 is 1.33 bits per heavy atom. The predicted molar refractivity (Wildman–Crippen MR) is 50.9 cm³/mol. The van der Waals surface area contributed by atoms with E-state index in [1.807, 2.05) is 0 Å². The molecule has 1 aliphatic heterocycles. The van der Waals surface area contributed by atoms with Crippen LogP contribution in [0.25, 0.3) is 0 Å². The number of hydrogen-bond donors (Lipinski definition) is 1. The first-order valence-corrected chi connectivity index (χ1v) is 5.20. The fourth-order valence-corrected chi connectivity index (χ4v) is 2.86. The third kappa shape index (κ3) is 1.27. The fourth-order valence-electron chi connectivity index (χ4n) is 2.86.